The van der Waals surface area contributed by atoms with Crippen LogP contribution in [0.5, 0.6) is 11.5 Å². The quantitative estimate of drug-likeness (QED) is 0.0619. The average molecular weight is 842 g/mol. The average Bonchev–Trinajstić information content (AvgIpc) is 3.91. The molecule has 10 nitrogen and oxygen atoms in total. The smallest absolute Gasteiger partial charge is 0.328 e. The predicted octanol–water partition coefficient (Wildman–Crippen LogP) is 7.24. The Bertz CT molecular complexity index is 2360. The van der Waals surface area contributed by atoms with Gasteiger partial charge in [-0.3, -0.25) is 14.3 Å². The number of aryl methyl sites for hydroxylation is 1. The van der Waals surface area contributed by atoms with Crippen molar-refractivity contribution in [3.05, 3.63) is 189 Å². The van der Waals surface area contributed by atoms with E-state index in [1.165, 1.54) is 14.9 Å². The zero-order chi connectivity index (χ0) is 41.7. The first-order chi connectivity index (χ1) is 29.2. The maximum Gasteiger partial charge on any atom is 0.328 e. The maximum atomic E-state index is 13.4. The molecular weight excluding hydrogens is 790 g/mol. The van der Waals surface area contributed by atoms with Crippen molar-refractivity contribution in [2.24, 2.45) is 0 Å². The van der Waals surface area contributed by atoms with Gasteiger partial charge in [0.2, 0.25) is 0 Å². The van der Waals surface area contributed by atoms with Crippen molar-refractivity contribution >= 4 is 27.0 Å². The molecule has 0 radical (unpaired) electrons. The lowest BCUT2D eigenvalue weighted by atomic mass is 9.80. The van der Waals surface area contributed by atoms with Crippen LogP contribution in [0.4, 0.5) is 0 Å². The van der Waals surface area contributed by atoms with E-state index < -0.39 is 39.6 Å². The number of nitrogens with zero attached hydrogens (tertiary/aromatic N) is 2. The topological polar surface area (TPSA) is 104 Å². The van der Waals surface area contributed by atoms with Gasteiger partial charge < -0.3 is 23.3 Å². The molecule has 2 aliphatic heterocycles. The van der Waals surface area contributed by atoms with Crippen LogP contribution in [0.15, 0.2) is 155 Å². The van der Waals surface area contributed by atoms with Crippen LogP contribution in [-0.4, -0.2) is 67.9 Å². The van der Waals surface area contributed by atoms with Crippen molar-refractivity contribution in [1.82, 2.24) is 14.2 Å². The highest BCUT2D eigenvalue weighted by atomic mass is 31.2. The molecule has 0 bridgehead atoms. The number of H-pyrrole nitrogens is 1. The third-order valence-corrected chi connectivity index (χ3v) is 18.3. The number of rotatable bonds is 16. The summed E-state index contributed by atoms with van der Waals surface area (Å²) in [6.45, 7) is 5.20. The Labute approximate surface area is 353 Å². The Morgan fingerprint density at radius 3 is 1.87 bits per heavy atom. The minimum absolute atomic E-state index is 0.0442. The van der Waals surface area contributed by atoms with Gasteiger partial charge in [0.05, 0.1) is 33.5 Å². The molecule has 2 fully saturated rings. The summed E-state index contributed by atoms with van der Waals surface area (Å²) in [5, 5.41) is 2.74. The number of aromatic nitrogens is 2. The van der Waals surface area contributed by atoms with E-state index in [4.69, 9.17) is 23.3 Å². The highest BCUT2D eigenvalue weighted by molar-refractivity contribution is 7.45. The highest BCUT2D eigenvalue weighted by Crippen LogP contribution is 2.58. The largest absolute Gasteiger partial charge is 0.497 e. The molecule has 3 heterocycles. The number of aromatic amines is 1. The zero-order valence-corrected chi connectivity index (χ0v) is 36.4. The van der Waals surface area contributed by atoms with Gasteiger partial charge in [0.1, 0.15) is 31.3 Å². The number of methoxy groups -OCH3 is 2. The summed E-state index contributed by atoms with van der Waals surface area (Å²) in [5.74, 6) is 1.44. The van der Waals surface area contributed by atoms with Crippen molar-refractivity contribution in [2.45, 2.75) is 62.8 Å². The first-order valence-electron chi connectivity index (χ1n) is 20.5. The molecule has 2 saturated heterocycles. The first kappa shape index (κ1) is 41.6. The van der Waals surface area contributed by atoms with E-state index in [9.17, 15) is 9.59 Å². The van der Waals surface area contributed by atoms with E-state index >= 15 is 0 Å². The molecule has 2 aliphatic rings. The Morgan fingerprint density at radius 1 is 0.783 bits per heavy atom. The standard InChI is InChI=1S/C48H52N3O7PSi/c1-35-31-50(47(53)49-46(35)52)32-41(33-56-48(36-15-8-5-9-16-36,37-22-26-39(54-2)27-23-37)38-24-28-40(55-3)29-25-38)57-59-51-30-14-21-44(51)45(58-59)34-60(4,42-17-10-6-11-18-42)43-19-12-7-13-20-43/h5-13,15-20,22-29,31,41,44-45H,14,21,30,32-34H2,1-4H3,(H,49,52,53)/t41-,44+,45-,59-/m1/s1. The number of hydrogen-bond acceptors (Lipinski definition) is 8. The van der Waals surface area contributed by atoms with Crippen molar-refractivity contribution in [3.8, 4) is 11.5 Å². The second-order valence-electron chi connectivity index (χ2n) is 15.8. The molecule has 0 aliphatic carbocycles. The molecule has 8 rings (SSSR count). The molecule has 1 aromatic heterocycles. The van der Waals surface area contributed by atoms with Gasteiger partial charge in [-0.05, 0) is 66.8 Å². The molecule has 310 valence electrons. The zero-order valence-electron chi connectivity index (χ0n) is 34.5. The summed E-state index contributed by atoms with van der Waals surface area (Å²) in [6, 6.07) is 48.8. The molecule has 4 atom stereocenters. The third kappa shape index (κ3) is 8.43. The lowest BCUT2D eigenvalue weighted by molar-refractivity contribution is -0.0364. The van der Waals surface area contributed by atoms with Gasteiger partial charge in [-0.15, -0.1) is 0 Å². The molecule has 60 heavy (non-hydrogen) atoms. The second-order valence-corrected chi connectivity index (χ2v) is 21.4. The summed E-state index contributed by atoms with van der Waals surface area (Å²) < 4.78 is 36.7. The fraction of sp³-hybridized carbons (Fsp3) is 0.292. The molecule has 0 amide bonds. The third-order valence-electron chi connectivity index (χ3n) is 12.1. The SMILES string of the molecule is COc1ccc(C(OC[C@@H](Cn2cc(C)c(=O)[nH]c2=O)O[P@]2O[C@H](C[Si](C)(c3ccccc3)c3ccccc3)[C@@H]3CCCN32)(c2ccccc2)c2ccc(OC)cc2)cc1. The van der Waals surface area contributed by atoms with Gasteiger partial charge in [0.15, 0.2) is 0 Å². The van der Waals surface area contributed by atoms with Crippen LogP contribution in [0.1, 0.15) is 35.1 Å². The highest BCUT2D eigenvalue weighted by Gasteiger charge is 2.51. The molecule has 0 spiro atoms. The number of fused-ring (bicyclic) bond motifs is 1. The van der Waals surface area contributed by atoms with Crippen molar-refractivity contribution in [1.29, 1.82) is 0 Å². The summed E-state index contributed by atoms with van der Waals surface area (Å²) in [4.78, 5) is 28.3. The molecule has 0 unspecified atom stereocenters. The normalized spacial score (nSPS) is 18.6. The van der Waals surface area contributed by atoms with Crippen molar-refractivity contribution in [2.75, 3.05) is 27.4 Å². The Hall–Kier alpha value is -5.13. The number of hydrogen-bond donors (Lipinski definition) is 1. The molecule has 1 N–H and O–H groups in total. The monoisotopic (exact) mass is 841 g/mol. The molecule has 6 aromatic rings. The lowest BCUT2D eigenvalue weighted by Crippen LogP contribution is -2.58. The minimum Gasteiger partial charge on any atom is -0.497 e. The van der Waals surface area contributed by atoms with E-state index in [1.54, 1.807) is 27.3 Å². The first-order valence-corrected chi connectivity index (χ1v) is 24.4. The van der Waals surface area contributed by atoms with Crippen LogP contribution >= 0.6 is 8.53 Å². The number of ether oxygens (including phenoxy) is 3. The van der Waals surface area contributed by atoms with Crippen LogP contribution < -0.4 is 31.1 Å². The van der Waals surface area contributed by atoms with Gasteiger partial charge in [-0.25, -0.2) is 9.46 Å². The fourth-order valence-corrected chi connectivity index (χ4v) is 14.7. The van der Waals surface area contributed by atoms with Gasteiger partial charge in [-0.1, -0.05) is 132 Å². The molecular formula is C48H52N3O7PSi. The molecule has 5 aromatic carbocycles. The van der Waals surface area contributed by atoms with Crippen molar-refractivity contribution in [3.63, 3.8) is 0 Å². The van der Waals surface area contributed by atoms with E-state index in [2.05, 4.69) is 89.0 Å². The van der Waals surface area contributed by atoms with E-state index in [0.717, 1.165) is 53.6 Å². The van der Waals surface area contributed by atoms with Crippen LogP contribution in [0.25, 0.3) is 0 Å². The van der Waals surface area contributed by atoms with E-state index in [-0.39, 0.29) is 25.3 Å². The number of benzene rings is 5. The van der Waals surface area contributed by atoms with Crippen LogP contribution in [0.3, 0.4) is 0 Å². The Kier molecular flexibility index (Phi) is 12.6. The van der Waals surface area contributed by atoms with Gasteiger partial charge in [0, 0.05) is 24.3 Å². The van der Waals surface area contributed by atoms with Gasteiger partial charge >= 0.3 is 5.69 Å². The lowest BCUT2D eigenvalue weighted by Gasteiger charge is -2.37. The van der Waals surface area contributed by atoms with E-state index in [1.807, 2.05) is 66.7 Å². The molecule has 12 heteroatoms. The Balaban J connectivity index is 1.17. The van der Waals surface area contributed by atoms with Crippen molar-refractivity contribution < 1.29 is 23.3 Å². The van der Waals surface area contributed by atoms with Crippen LogP contribution in [0, 0.1) is 6.92 Å². The number of nitrogens with one attached hydrogen (secondary N) is 1. The van der Waals surface area contributed by atoms with Gasteiger partial charge in [-0.2, -0.15) is 0 Å². The second kappa shape index (κ2) is 18.2. The predicted molar refractivity (Wildman–Crippen MR) is 239 cm³/mol. The molecule has 0 saturated carbocycles. The van der Waals surface area contributed by atoms with Crippen LogP contribution in [-0.2, 0) is 25.9 Å². The van der Waals surface area contributed by atoms with Gasteiger partial charge in [0.25, 0.3) is 14.1 Å². The Morgan fingerprint density at radius 2 is 1.32 bits per heavy atom. The minimum atomic E-state index is -2.26. The maximum absolute atomic E-state index is 13.4. The summed E-state index contributed by atoms with van der Waals surface area (Å²) in [7, 11) is -0.506. The summed E-state index contributed by atoms with van der Waals surface area (Å²) in [6.07, 6.45) is 2.96. The fourth-order valence-electron chi connectivity index (χ4n) is 8.79. The summed E-state index contributed by atoms with van der Waals surface area (Å²) >= 11 is 0. The van der Waals surface area contributed by atoms with Crippen LogP contribution in [0.2, 0.25) is 12.6 Å². The van der Waals surface area contributed by atoms with E-state index in [0.29, 0.717) is 5.56 Å². The summed E-state index contributed by atoms with van der Waals surface area (Å²) in [5.41, 5.74) is 1.05.